The SMILES string of the molecule is O=C(O)CN1CCOC[C@@]2(C[C@H](CNc3ccccn3)CO2)C1. The summed E-state index contributed by atoms with van der Waals surface area (Å²) in [5, 5.41) is 12.3. The van der Waals surface area contributed by atoms with Crippen molar-refractivity contribution in [2.24, 2.45) is 5.92 Å². The molecule has 0 unspecified atom stereocenters. The third-order valence-electron chi connectivity index (χ3n) is 4.31. The Morgan fingerprint density at radius 3 is 3.22 bits per heavy atom. The molecule has 0 aliphatic carbocycles. The number of carbonyl (C=O) groups is 1. The zero-order valence-electron chi connectivity index (χ0n) is 13.1. The van der Waals surface area contributed by atoms with E-state index >= 15 is 0 Å². The zero-order valence-corrected chi connectivity index (χ0v) is 13.1. The van der Waals surface area contributed by atoms with Crippen molar-refractivity contribution in [2.75, 3.05) is 51.3 Å². The number of carboxylic acids is 1. The van der Waals surface area contributed by atoms with Gasteiger partial charge in [-0.1, -0.05) is 6.07 Å². The highest BCUT2D eigenvalue weighted by atomic mass is 16.5. The molecule has 2 N–H and O–H groups in total. The van der Waals surface area contributed by atoms with Crippen LogP contribution in [0.1, 0.15) is 6.42 Å². The molecule has 2 aliphatic rings. The third kappa shape index (κ3) is 4.40. The maximum absolute atomic E-state index is 11.0. The number of aromatic nitrogens is 1. The van der Waals surface area contributed by atoms with Crippen molar-refractivity contribution in [3.63, 3.8) is 0 Å². The number of nitrogens with one attached hydrogen (secondary N) is 1. The van der Waals surface area contributed by atoms with Gasteiger partial charge < -0.3 is 19.9 Å². The molecule has 2 aliphatic heterocycles. The highest BCUT2D eigenvalue weighted by Crippen LogP contribution is 2.32. The van der Waals surface area contributed by atoms with Gasteiger partial charge in [0.25, 0.3) is 0 Å². The first-order valence-electron chi connectivity index (χ1n) is 7.96. The molecule has 2 fully saturated rings. The second kappa shape index (κ2) is 7.25. The Labute approximate surface area is 135 Å². The van der Waals surface area contributed by atoms with Gasteiger partial charge in [-0.25, -0.2) is 4.98 Å². The molecule has 1 aromatic rings. The molecule has 0 amide bonds. The fraction of sp³-hybridized carbons (Fsp3) is 0.625. The minimum atomic E-state index is -0.812. The van der Waals surface area contributed by atoms with Gasteiger partial charge in [0, 0.05) is 31.7 Å². The Hall–Kier alpha value is -1.70. The molecule has 1 aromatic heterocycles. The van der Waals surface area contributed by atoms with E-state index in [1.165, 1.54) is 0 Å². The standard InChI is InChI=1S/C16H23N3O4/c20-15(21)9-19-5-6-22-12-16(11-19)7-13(10-23-16)8-18-14-3-1-2-4-17-14/h1-4,13H,5-12H2,(H,17,18)(H,20,21)/t13-,16-/m1/s1. The van der Waals surface area contributed by atoms with E-state index in [0.29, 0.717) is 38.8 Å². The second-order valence-electron chi connectivity index (χ2n) is 6.32. The van der Waals surface area contributed by atoms with E-state index in [0.717, 1.165) is 18.8 Å². The average molecular weight is 321 g/mol. The summed E-state index contributed by atoms with van der Waals surface area (Å²) < 4.78 is 11.7. The number of rotatable bonds is 5. The lowest BCUT2D eigenvalue weighted by Gasteiger charge is -2.30. The van der Waals surface area contributed by atoms with Crippen molar-refractivity contribution in [1.29, 1.82) is 0 Å². The lowest BCUT2D eigenvalue weighted by Crippen LogP contribution is -2.45. The summed E-state index contributed by atoms with van der Waals surface area (Å²) in [5.74, 6) is 0.414. The number of nitrogens with zero attached hydrogens (tertiary/aromatic N) is 2. The molecule has 3 heterocycles. The maximum atomic E-state index is 11.0. The van der Waals surface area contributed by atoms with Gasteiger partial charge in [-0.2, -0.15) is 0 Å². The lowest BCUT2D eigenvalue weighted by molar-refractivity contribution is -0.139. The van der Waals surface area contributed by atoms with Crippen LogP contribution < -0.4 is 5.32 Å². The average Bonchev–Trinajstić information content (AvgIpc) is 2.82. The van der Waals surface area contributed by atoms with Gasteiger partial charge in [-0.05, 0) is 18.6 Å². The molecule has 0 aromatic carbocycles. The summed E-state index contributed by atoms with van der Waals surface area (Å²) >= 11 is 0. The summed E-state index contributed by atoms with van der Waals surface area (Å²) in [7, 11) is 0. The molecule has 1 spiro atoms. The van der Waals surface area contributed by atoms with Crippen LogP contribution in [0, 0.1) is 5.92 Å². The number of aliphatic carboxylic acids is 1. The van der Waals surface area contributed by atoms with E-state index in [1.54, 1.807) is 6.20 Å². The van der Waals surface area contributed by atoms with Crippen molar-refractivity contribution in [3.8, 4) is 0 Å². The minimum absolute atomic E-state index is 0.0331. The molecule has 126 valence electrons. The summed E-state index contributed by atoms with van der Waals surface area (Å²) in [6.07, 6.45) is 2.63. The first-order chi connectivity index (χ1) is 11.2. The Morgan fingerprint density at radius 2 is 2.43 bits per heavy atom. The van der Waals surface area contributed by atoms with Gasteiger partial charge in [-0.15, -0.1) is 0 Å². The van der Waals surface area contributed by atoms with Crippen LogP contribution in [0.5, 0.6) is 0 Å². The monoisotopic (exact) mass is 321 g/mol. The number of carboxylic acid groups (broad SMARTS) is 1. The summed E-state index contributed by atoms with van der Waals surface area (Å²) in [6, 6.07) is 5.78. The number of ether oxygens (including phenoxy) is 2. The largest absolute Gasteiger partial charge is 0.480 e. The van der Waals surface area contributed by atoms with Gasteiger partial charge in [-0.3, -0.25) is 9.69 Å². The predicted octanol–water partition coefficient (Wildman–Crippen LogP) is 0.686. The van der Waals surface area contributed by atoms with Gasteiger partial charge in [0.1, 0.15) is 11.4 Å². The molecule has 7 heteroatoms. The first kappa shape index (κ1) is 16.2. The van der Waals surface area contributed by atoms with Crippen molar-refractivity contribution in [1.82, 2.24) is 9.88 Å². The molecule has 0 radical (unpaired) electrons. The summed E-state index contributed by atoms with van der Waals surface area (Å²) in [5.41, 5.74) is -0.386. The van der Waals surface area contributed by atoms with E-state index in [9.17, 15) is 4.79 Å². The van der Waals surface area contributed by atoms with E-state index in [1.807, 2.05) is 23.1 Å². The van der Waals surface area contributed by atoms with Gasteiger partial charge >= 0.3 is 5.97 Å². The molecule has 3 rings (SSSR count). The van der Waals surface area contributed by atoms with Gasteiger partial charge in [0.2, 0.25) is 0 Å². The fourth-order valence-electron chi connectivity index (χ4n) is 3.31. The lowest BCUT2D eigenvalue weighted by atomic mass is 9.94. The molecule has 0 bridgehead atoms. The molecule has 2 atom stereocenters. The van der Waals surface area contributed by atoms with Crippen LogP contribution in [-0.4, -0.2) is 72.6 Å². The molecule has 2 saturated heterocycles. The quantitative estimate of drug-likeness (QED) is 0.825. The van der Waals surface area contributed by atoms with Crippen LogP contribution in [0.15, 0.2) is 24.4 Å². The highest BCUT2D eigenvalue weighted by molar-refractivity contribution is 5.69. The van der Waals surface area contributed by atoms with Crippen LogP contribution >= 0.6 is 0 Å². The zero-order chi connectivity index (χ0) is 16.1. The topological polar surface area (TPSA) is 83.9 Å². The summed E-state index contributed by atoms with van der Waals surface area (Å²) in [4.78, 5) is 17.1. The van der Waals surface area contributed by atoms with Crippen molar-refractivity contribution in [3.05, 3.63) is 24.4 Å². The third-order valence-corrected chi connectivity index (χ3v) is 4.31. The van der Waals surface area contributed by atoms with Crippen molar-refractivity contribution < 1.29 is 19.4 Å². The molecule has 23 heavy (non-hydrogen) atoms. The van der Waals surface area contributed by atoms with Crippen molar-refractivity contribution in [2.45, 2.75) is 12.0 Å². The Kier molecular flexibility index (Phi) is 5.09. The fourth-order valence-corrected chi connectivity index (χ4v) is 3.31. The smallest absolute Gasteiger partial charge is 0.317 e. The maximum Gasteiger partial charge on any atom is 0.317 e. The van der Waals surface area contributed by atoms with Gasteiger partial charge in [0.05, 0.1) is 26.4 Å². The van der Waals surface area contributed by atoms with Crippen LogP contribution in [0.3, 0.4) is 0 Å². The molecular weight excluding hydrogens is 298 g/mol. The predicted molar refractivity (Wildman–Crippen MR) is 84.4 cm³/mol. The molecule has 0 saturated carbocycles. The summed E-state index contributed by atoms with van der Waals surface area (Å²) in [6.45, 7) is 3.80. The van der Waals surface area contributed by atoms with Gasteiger partial charge in [0.15, 0.2) is 0 Å². The van der Waals surface area contributed by atoms with E-state index in [4.69, 9.17) is 14.6 Å². The number of anilines is 1. The normalized spacial score (nSPS) is 28.6. The Balaban J connectivity index is 1.55. The number of hydrogen-bond donors (Lipinski definition) is 2. The van der Waals surface area contributed by atoms with Crippen LogP contribution in [0.25, 0.3) is 0 Å². The number of pyridine rings is 1. The highest BCUT2D eigenvalue weighted by Gasteiger charge is 2.43. The minimum Gasteiger partial charge on any atom is -0.480 e. The first-order valence-corrected chi connectivity index (χ1v) is 7.96. The van der Waals surface area contributed by atoms with Crippen LogP contribution in [0.2, 0.25) is 0 Å². The second-order valence-corrected chi connectivity index (χ2v) is 6.32. The van der Waals surface area contributed by atoms with E-state index < -0.39 is 5.97 Å². The van der Waals surface area contributed by atoms with Crippen LogP contribution in [-0.2, 0) is 14.3 Å². The number of hydrogen-bond acceptors (Lipinski definition) is 6. The van der Waals surface area contributed by atoms with E-state index in [2.05, 4.69) is 10.3 Å². The van der Waals surface area contributed by atoms with Crippen molar-refractivity contribution >= 4 is 11.8 Å². The van der Waals surface area contributed by atoms with Crippen LogP contribution in [0.4, 0.5) is 5.82 Å². The van der Waals surface area contributed by atoms with E-state index in [-0.39, 0.29) is 12.1 Å². The molecule has 7 nitrogen and oxygen atoms in total. The molecular formula is C16H23N3O4. The Bertz CT molecular complexity index is 527. The Morgan fingerprint density at radius 1 is 1.52 bits per heavy atom.